The van der Waals surface area contributed by atoms with Crippen LogP contribution in [0.4, 0.5) is 0 Å². The van der Waals surface area contributed by atoms with Gasteiger partial charge in [0.15, 0.2) is 5.78 Å². The van der Waals surface area contributed by atoms with Crippen molar-refractivity contribution in [1.29, 1.82) is 0 Å². The van der Waals surface area contributed by atoms with E-state index < -0.39 is 40.5 Å². The summed E-state index contributed by atoms with van der Waals surface area (Å²) in [5.41, 5.74) is -2.23. The van der Waals surface area contributed by atoms with Crippen LogP contribution in [0.5, 0.6) is 0 Å². The molecule has 188 valence electrons. The number of ketones is 1. The number of ether oxygens (including phenoxy) is 3. The van der Waals surface area contributed by atoms with Crippen LogP contribution in [0.25, 0.3) is 0 Å². The Morgan fingerprint density at radius 1 is 0.514 bits per heavy atom. The molecule has 0 amide bonds. The molecule has 0 aromatic heterocycles. The average Bonchev–Trinajstić information content (AvgIpc) is 2.69. The van der Waals surface area contributed by atoms with Gasteiger partial charge in [-0.15, -0.1) is 0 Å². The molecule has 2 rings (SSSR count). The fraction of sp³-hybridized carbons (Fsp3) is 0.429. The lowest BCUT2D eigenvalue weighted by Crippen LogP contribution is -2.27. The first-order chi connectivity index (χ1) is 15.9. The van der Waals surface area contributed by atoms with E-state index in [4.69, 9.17) is 14.2 Å². The first-order valence-corrected chi connectivity index (χ1v) is 11.4. The van der Waals surface area contributed by atoms with Gasteiger partial charge in [-0.05, 0) is 86.6 Å². The Kier molecular flexibility index (Phi) is 7.95. The summed E-state index contributed by atoms with van der Waals surface area (Å²) in [6.07, 6.45) is 0. The van der Waals surface area contributed by atoms with Crippen LogP contribution in [0.3, 0.4) is 0 Å². The summed E-state index contributed by atoms with van der Waals surface area (Å²) in [5.74, 6) is -2.66. The van der Waals surface area contributed by atoms with Gasteiger partial charge in [-0.25, -0.2) is 14.4 Å². The Morgan fingerprint density at radius 2 is 0.914 bits per heavy atom. The van der Waals surface area contributed by atoms with E-state index in [2.05, 4.69) is 0 Å². The van der Waals surface area contributed by atoms with Gasteiger partial charge in [0.1, 0.15) is 16.8 Å². The Hall–Kier alpha value is -3.48. The molecule has 0 heterocycles. The zero-order valence-electron chi connectivity index (χ0n) is 21.9. The number of carbonyl (C=O) groups is 4. The predicted octanol–water partition coefficient (Wildman–Crippen LogP) is 5.78. The average molecular weight is 483 g/mol. The van der Waals surface area contributed by atoms with E-state index in [1.54, 1.807) is 74.4 Å². The molecular weight excluding hydrogens is 448 g/mol. The molecule has 0 fully saturated rings. The maximum atomic E-state index is 13.6. The second-order valence-corrected chi connectivity index (χ2v) is 11.1. The van der Waals surface area contributed by atoms with E-state index in [-0.39, 0.29) is 27.8 Å². The number of benzene rings is 2. The third-order valence-electron chi connectivity index (χ3n) is 4.31. The molecule has 0 atom stereocenters. The van der Waals surface area contributed by atoms with E-state index in [1.807, 2.05) is 0 Å². The second-order valence-electron chi connectivity index (χ2n) is 11.1. The highest BCUT2D eigenvalue weighted by Crippen LogP contribution is 2.24. The molecule has 0 N–H and O–H groups in total. The van der Waals surface area contributed by atoms with Crippen LogP contribution in [0.15, 0.2) is 42.5 Å². The number of rotatable bonds is 5. The van der Waals surface area contributed by atoms with E-state index in [0.717, 1.165) is 0 Å². The highest BCUT2D eigenvalue weighted by Gasteiger charge is 2.29. The zero-order valence-corrected chi connectivity index (χ0v) is 21.9. The number of esters is 3. The summed E-state index contributed by atoms with van der Waals surface area (Å²) < 4.78 is 16.3. The molecule has 0 aliphatic heterocycles. The van der Waals surface area contributed by atoms with Crippen molar-refractivity contribution >= 4 is 23.7 Å². The fourth-order valence-electron chi connectivity index (χ4n) is 3.05. The molecule has 0 saturated carbocycles. The molecule has 0 unspecified atom stereocenters. The molecule has 0 bridgehead atoms. The van der Waals surface area contributed by atoms with Crippen molar-refractivity contribution in [2.45, 2.75) is 79.1 Å². The molecule has 2 aromatic carbocycles. The van der Waals surface area contributed by atoms with Crippen molar-refractivity contribution < 1.29 is 33.4 Å². The van der Waals surface area contributed by atoms with Gasteiger partial charge in [-0.1, -0.05) is 18.2 Å². The number of hydrogen-bond donors (Lipinski definition) is 0. The second kappa shape index (κ2) is 10.0. The Balaban J connectivity index is 2.61. The molecule has 35 heavy (non-hydrogen) atoms. The first kappa shape index (κ1) is 27.8. The van der Waals surface area contributed by atoms with Gasteiger partial charge in [-0.3, -0.25) is 4.79 Å². The maximum absolute atomic E-state index is 13.6. The third-order valence-corrected chi connectivity index (χ3v) is 4.31. The van der Waals surface area contributed by atoms with Crippen LogP contribution in [-0.2, 0) is 14.2 Å². The Labute approximate surface area is 206 Å². The van der Waals surface area contributed by atoms with E-state index >= 15 is 0 Å². The van der Waals surface area contributed by atoms with Crippen LogP contribution in [-0.4, -0.2) is 40.5 Å². The molecule has 0 saturated heterocycles. The normalized spacial score (nSPS) is 12.0. The van der Waals surface area contributed by atoms with E-state index in [9.17, 15) is 19.2 Å². The summed E-state index contributed by atoms with van der Waals surface area (Å²) in [6.45, 7) is 15.5. The first-order valence-electron chi connectivity index (χ1n) is 11.4. The standard InChI is InChI=1S/C28H34O7/c1-26(2,3)33-23(30)17-14-15-19(21(16-17)25(32)35-28(7,8)9)22(29)18-12-10-11-13-20(18)24(31)34-27(4,5)6/h10-16H,1-9H3. The van der Waals surface area contributed by atoms with Crippen LogP contribution in [0, 0.1) is 0 Å². The van der Waals surface area contributed by atoms with Crippen molar-refractivity contribution in [1.82, 2.24) is 0 Å². The SMILES string of the molecule is CC(C)(C)OC(=O)c1ccc(C(=O)c2ccccc2C(=O)OC(C)(C)C)c(C(=O)OC(C)(C)C)c1. The zero-order chi connectivity index (χ0) is 26.8. The summed E-state index contributed by atoms with van der Waals surface area (Å²) in [4.78, 5) is 52.1. The van der Waals surface area contributed by atoms with Crippen molar-refractivity contribution in [2.75, 3.05) is 0 Å². The van der Waals surface area contributed by atoms with Gasteiger partial charge in [0.05, 0.1) is 16.7 Å². The van der Waals surface area contributed by atoms with Gasteiger partial charge in [0.2, 0.25) is 0 Å². The van der Waals surface area contributed by atoms with Crippen molar-refractivity contribution in [3.8, 4) is 0 Å². The number of carbonyl (C=O) groups excluding carboxylic acids is 4. The van der Waals surface area contributed by atoms with E-state index in [1.165, 1.54) is 30.3 Å². The fourth-order valence-corrected chi connectivity index (χ4v) is 3.05. The predicted molar refractivity (Wildman–Crippen MR) is 132 cm³/mol. The van der Waals surface area contributed by atoms with Gasteiger partial charge < -0.3 is 14.2 Å². The molecule has 0 aliphatic carbocycles. The molecular formula is C28H34O7. The Morgan fingerprint density at radius 3 is 1.40 bits per heavy atom. The summed E-state index contributed by atoms with van der Waals surface area (Å²) in [5, 5.41) is 0. The van der Waals surface area contributed by atoms with Crippen molar-refractivity contribution in [3.05, 3.63) is 70.3 Å². The summed E-state index contributed by atoms with van der Waals surface area (Å²) >= 11 is 0. The van der Waals surface area contributed by atoms with Crippen LogP contribution >= 0.6 is 0 Å². The molecule has 2 aromatic rings. The Bertz CT molecular complexity index is 1140. The van der Waals surface area contributed by atoms with Crippen LogP contribution in [0.1, 0.15) is 109 Å². The highest BCUT2D eigenvalue weighted by molar-refractivity contribution is 6.18. The van der Waals surface area contributed by atoms with Crippen molar-refractivity contribution in [2.24, 2.45) is 0 Å². The minimum atomic E-state index is -0.840. The lowest BCUT2D eigenvalue weighted by atomic mass is 9.93. The van der Waals surface area contributed by atoms with Gasteiger partial charge in [0, 0.05) is 11.1 Å². The van der Waals surface area contributed by atoms with Crippen LogP contribution in [0.2, 0.25) is 0 Å². The third kappa shape index (κ3) is 8.05. The topological polar surface area (TPSA) is 96.0 Å². The van der Waals surface area contributed by atoms with Gasteiger partial charge in [0.25, 0.3) is 0 Å². The quantitative estimate of drug-likeness (QED) is 0.303. The van der Waals surface area contributed by atoms with Gasteiger partial charge >= 0.3 is 17.9 Å². The monoisotopic (exact) mass is 482 g/mol. The largest absolute Gasteiger partial charge is 0.456 e. The van der Waals surface area contributed by atoms with E-state index in [0.29, 0.717) is 0 Å². The molecule has 0 spiro atoms. The van der Waals surface area contributed by atoms with Crippen LogP contribution < -0.4 is 0 Å². The van der Waals surface area contributed by atoms with Crippen molar-refractivity contribution in [3.63, 3.8) is 0 Å². The minimum absolute atomic E-state index is 0.0115. The highest BCUT2D eigenvalue weighted by atomic mass is 16.6. The smallest absolute Gasteiger partial charge is 0.339 e. The van der Waals surface area contributed by atoms with Gasteiger partial charge in [-0.2, -0.15) is 0 Å². The molecule has 0 aliphatic rings. The number of hydrogen-bond acceptors (Lipinski definition) is 7. The molecule has 0 radical (unpaired) electrons. The summed E-state index contributed by atoms with van der Waals surface area (Å²) in [6, 6.07) is 10.3. The lowest BCUT2D eigenvalue weighted by Gasteiger charge is -2.22. The maximum Gasteiger partial charge on any atom is 0.339 e. The summed E-state index contributed by atoms with van der Waals surface area (Å²) in [7, 11) is 0. The molecule has 7 heteroatoms. The lowest BCUT2D eigenvalue weighted by molar-refractivity contribution is 0.00531. The minimum Gasteiger partial charge on any atom is -0.456 e. The molecule has 7 nitrogen and oxygen atoms in total.